The molecule has 2 saturated carbocycles. The minimum absolute atomic E-state index is 0.0127. The number of methoxy groups -OCH3 is 1. The van der Waals surface area contributed by atoms with Gasteiger partial charge in [-0.05, 0) is 24.8 Å². The summed E-state index contributed by atoms with van der Waals surface area (Å²) in [6.45, 7) is 0.480. The van der Waals surface area contributed by atoms with Gasteiger partial charge in [-0.3, -0.25) is 4.79 Å². The van der Waals surface area contributed by atoms with Gasteiger partial charge in [-0.1, -0.05) is 29.8 Å². The van der Waals surface area contributed by atoms with Gasteiger partial charge in [-0.2, -0.15) is 0 Å². The SMILES string of the molecule is COC(CNC(=O)C12CC1C2)c1ccccc1Cl. The van der Waals surface area contributed by atoms with Crippen molar-refractivity contribution in [3.63, 3.8) is 0 Å². The number of carbonyl (C=O) groups is 1. The molecular formula is C14H16ClNO2. The molecule has 0 heterocycles. The molecule has 3 rings (SSSR count). The highest BCUT2D eigenvalue weighted by Crippen LogP contribution is 2.75. The van der Waals surface area contributed by atoms with Gasteiger partial charge in [0.05, 0.1) is 5.41 Å². The summed E-state index contributed by atoms with van der Waals surface area (Å²) in [7, 11) is 1.63. The predicted molar refractivity (Wildman–Crippen MR) is 69.4 cm³/mol. The van der Waals surface area contributed by atoms with E-state index in [1.165, 1.54) is 0 Å². The van der Waals surface area contributed by atoms with E-state index in [4.69, 9.17) is 16.3 Å². The third kappa shape index (κ3) is 1.91. The molecule has 1 N–H and O–H groups in total. The molecule has 0 aromatic heterocycles. The standard InChI is InChI=1S/C14H16ClNO2/c1-18-12(10-4-2-3-5-11(10)15)8-16-13(17)14-6-9(14)7-14/h2-5,9,12H,6-8H2,1H3,(H,16,17). The first-order chi connectivity index (χ1) is 8.67. The van der Waals surface area contributed by atoms with Gasteiger partial charge in [-0.15, -0.1) is 0 Å². The van der Waals surface area contributed by atoms with Gasteiger partial charge >= 0.3 is 0 Å². The zero-order chi connectivity index (χ0) is 12.8. The summed E-state index contributed by atoms with van der Waals surface area (Å²) in [6, 6.07) is 7.57. The monoisotopic (exact) mass is 265 g/mol. The van der Waals surface area contributed by atoms with E-state index >= 15 is 0 Å². The van der Waals surface area contributed by atoms with Crippen LogP contribution >= 0.6 is 11.6 Å². The Morgan fingerprint density at radius 1 is 1.56 bits per heavy atom. The smallest absolute Gasteiger partial charge is 0.226 e. The first-order valence-corrected chi connectivity index (χ1v) is 6.61. The molecule has 1 amide bonds. The molecule has 0 saturated heterocycles. The summed E-state index contributed by atoms with van der Waals surface area (Å²) < 4.78 is 5.42. The van der Waals surface area contributed by atoms with Crippen molar-refractivity contribution in [1.82, 2.24) is 5.32 Å². The van der Waals surface area contributed by atoms with E-state index in [-0.39, 0.29) is 17.4 Å². The Bertz CT molecular complexity index is 482. The molecule has 1 aromatic carbocycles. The number of fused-ring (bicyclic) bond motifs is 1. The van der Waals surface area contributed by atoms with Crippen molar-refractivity contribution in [3.05, 3.63) is 34.9 Å². The Kier molecular flexibility index (Phi) is 2.83. The Labute approximate surface area is 111 Å². The molecule has 2 aliphatic carbocycles. The Balaban J connectivity index is 1.62. The topological polar surface area (TPSA) is 38.3 Å². The van der Waals surface area contributed by atoms with Crippen LogP contribution < -0.4 is 5.32 Å². The summed E-state index contributed by atoms with van der Waals surface area (Å²) in [5.74, 6) is 0.848. The number of halogens is 1. The van der Waals surface area contributed by atoms with Crippen LogP contribution in [-0.4, -0.2) is 19.6 Å². The van der Waals surface area contributed by atoms with Gasteiger partial charge < -0.3 is 10.1 Å². The third-order valence-electron chi connectivity index (χ3n) is 4.12. The molecule has 2 fully saturated rings. The molecule has 0 aliphatic heterocycles. The average molecular weight is 266 g/mol. The van der Waals surface area contributed by atoms with Crippen LogP contribution in [0.25, 0.3) is 0 Å². The molecule has 18 heavy (non-hydrogen) atoms. The number of rotatable bonds is 5. The van der Waals surface area contributed by atoms with Crippen molar-refractivity contribution in [3.8, 4) is 0 Å². The zero-order valence-electron chi connectivity index (χ0n) is 10.3. The van der Waals surface area contributed by atoms with Gasteiger partial charge in [0.25, 0.3) is 0 Å². The second-order valence-electron chi connectivity index (χ2n) is 5.22. The summed E-state index contributed by atoms with van der Waals surface area (Å²) >= 11 is 6.13. The largest absolute Gasteiger partial charge is 0.375 e. The fourth-order valence-corrected chi connectivity index (χ4v) is 2.75. The van der Waals surface area contributed by atoms with E-state index in [0.29, 0.717) is 17.5 Å². The minimum Gasteiger partial charge on any atom is -0.375 e. The highest BCUT2D eigenvalue weighted by molar-refractivity contribution is 6.31. The fourth-order valence-electron chi connectivity index (χ4n) is 2.49. The van der Waals surface area contributed by atoms with Gasteiger partial charge in [0.15, 0.2) is 0 Å². The first-order valence-electron chi connectivity index (χ1n) is 6.23. The maximum Gasteiger partial charge on any atom is 0.226 e. The van der Waals surface area contributed by atoms with Crippen molar-refractivity contribution in [2.45, 2.75) is 18.9 Å². The number of nitrogens with one attached hydrogen (secondary N) is 1. The van der Waals surface area contributed by atoms with E-state index in [9.17, 15) is 4.79 Å². The molecule has 1 aromatic rings. The number of amides is 1. The highest BCUT2D eigenvalue weighted by Gasteiger charge is 2.74. The maximum atomic E-state index is 11.9. The summed E-state index contributed by atoms with van der Waals surface area (Å²) in [4.78, 5) is 11.9. The predicted octanol–water partition coefficient (Wildman–Crippen LogP) is 2.55. The van der Waals surface area contributed by atoms with E-state index in [0.717, 1.165) is 18.4 Å². The lowest BCUT2D eigenvalue weighted by atomic mass is 10.1. The number of hydrogen-bond donors (Lipinski definition) is 1. The lowest BCUT2D eigenvalue weighted by molar-refractivity contribution is -0.124. The van der Waals surface area contributed by atoms with Crippen LogP contribution in [0.4, 0.5) is 0 Å². The van der Waals surface area contributed by atoms with Gasteiger partial charge in [0.2, 0.25) is 5.91 Å². The van der Waals surface area contributed by atoms with Crippen LogP contribution in [0.15, 0.2) is 24.3 Å². The number of ether oxygens (including phenoxy) is 1. The van der Waals surface area contributed by atoms with Crippen molar-refractivity contribution >= 4 is 17.5 Å². The normalized spacial score (nSPS) is 29.3. The van der Waals surface area contributed by atoms with Gasteiger partial charge in [0, 0.05) is 24.2 Å². The fraction of sp³-hybridized carbons (Fsp3) is 0.500. The highest BCUT2D eigenvalue weighted by atomic mass is 35.5. The number of hydrogen-bond acceptors (Lipinski definition) is 2. The third-order valence-corrected chi connectivity index (χ3v) is 4.46. The van der Waals surface area contributed by atoms with Crippen LogP contribution in [-0.2, 0) is 9.53 Å². The maximum absolute atomic E-state index is 11.9. The van der Waals surface area contributed by atoms with Gasteiger partial charge in [0.1, 0.15) is 6.10 Å². The molecule has 0 spiro atoms. The van der Waals surface area contributed by atoms with Crippen molar-refractivity contribution in [1.29, 1.82) is 0 Å². The molecule has 4 heteroatoms. The van der Waals surface area contributed by atoms with Crippen LogP contribution in [0.1, 0.15) is 24.5 Å². The zero-order valence-corrected chi connectivity index (χ0v) is 11.0. The van der Waals surface area contributed by atoms with Crippen LogP contribution in [0.3, 0.4) is 0 Å². The average Bonchev–Trinajstić information content (AvgIpc) is 3.20. The van der Waals surface area contributed by atoms with Crippen LogP contribution in [0.5, 0.6) is 0 Å². The molecule has 96 valence electrons. The van der Waals surface area contributed by atoms with Crippen molar-refractivity contribution in [2.75, 3.05) is 13.7 Å². The number of carbonyl (C=O) groups excluding carboxylic acids is 1. The number of benzene rings is 1. The Hall–Kier alpha value is -1.06. The summed E-state index contributed by atoms with van der Waals surface area (Å²) in [5, 5.41) is 3.65. The van der Waals surface area contributed by atoms with E-state index in [2.05, 4.69) is 5.32 Å². The van der Waals surface area contributed by atoms with Crippen molar-refractivity contribution in [2.24, 2.45) is 11.3 Å². The van der Waals surface area contributed by atoms with E-state index in [1.807, 2.05) is 24.3 Å². The van der Waals surface area contributed by atoms with Crippen LogP contribution in [0, 0.1) is 11.3 Å². The Morgan fingerprint density at radius 2 is 2.22 bits per heavy atom. The lowest BCUT2D eigenvalue weighted by Crippen LogP contribution is -2.32. The molecule has 1 unspecified atom stereocenters. The van der Waals surface area contributed by atoms with Gasteiger partial charge in [-0.25, -0.2) is 0 Å². The molecule has 3 nitrogen and oxygen atoms in total. The lowest BCUT2D eigenvalue weighted by Gasteiger charge is -2.18. The van der Waals surface area contributed by atoms with Crippen molar-refractivity contribution < 1.29 is 9.53 Å². The summed E-state index contributed by atoms with van der Waals surface area (Å²) in [5.41, 5.74) is 0.932. The second-order valence-corrected chi connectivity index (χ2v) is 5.62. The van der Waals surface area contributed by atoms with E-state index in [1.54, 1.807) is 7.11 Å². The molecule has 0 bridgehead atoms. The Morgan fingerprint density at radius 3 is 2.78 bits per heavy atom. The molecule has 2 aliphatic rings. The summed E-state index contributed by atoms with van der Waals surface area (Å²) in [6.07, 6.45) is 1.96. The minimum atomic E-state index is -0.185. The second kappa shape index (κ2) is 4.25. The molecular weight excluding hydrogens is 250 g/mol. The first kappa shape index (κ1) is 12.0. The quantitative estimate of drug-likeness (QED) is 0.889. The van der Waals surface area contributed by atoms with E-state index < -0.39 is 0 Å². The molecule has 1 atom stereocenters. The molecule has 0 radical (unpaired) electrons. The van der Waals surface area contributed by atoms with Crippen LogP contribution in [0.2, 0.25) is 5.02 Å².